The van der Waals surface area contributed by atoms with Crippen LogP contribution in [0.3, 0.4) is 0 Å². The summed E-state index contributed by atoms with van der Waals surface area (Å²) in [7, 11) is 1.96. The molecule has 0 spiro atoms. The molecule has 1 aliphatic carbocycles. The maximum absolute atomic E-state index is 12.3. The standard InChI is InChI=1S/C15H28N2O2/c1-12-3-5-13(6-4-12)16(2)15(19)11-17-9-7-14(18)8-10-17/h12-14,18H,3-11H2,1-2H3. The Bertz CT molecular complexity index is 293. The van der Waals surface area contributed by atoms with Crippen molar-refractivity contribution in [2.45, 2.75) is 57.6 Å². The molecule has 110 valence electrons. The lowest BCUT2D eigenvalue weighted by Crippen LogP contribution is -2.46. The van der Waals surface area contributed by atoms with Gasteiger partial charge < -0.3 is 10.0 Å². The minimum atomic E-state index is -0.163. The van der Waals surface area contributed by atoms with E-state index in [-0.39, 0.29) is 12.0 Å². The van der Waals surface area contributed by atoms with Crippen molar-refractivity contribution < 1.29 is 9.90 Å². The second-order valence-electron chi connectivity index (χ2n) is 6.43. The number of carbonyl (C=O) groups excluding carboxylic acids is 1. The number of piperidine rings is 1. The molecule has 1 heterocycles. The number of hydrogen-bond acceptors (Lipinski definition) is 3. The molecule has 1 aliphatic heterocycles. The van der Waals surface area contributed by atoms with E-state index in [1.807, 2.05) is 11.9 Å². The van der Waals surface area contributed by atoms with Crippen LogP contribution in [0.5, 0.6) is 0 Å². The lowest BCUT2D eigenvalue weighted by atomic mass is 9.87. The molecule has 4 nitrogen and oxygen atoms in total. The molecule has 19 heavy (non-hydrogen) atoms. The molecular formula is C15H28N2O2. The van der Waals surface area contributed by atoms with Crippen LogP contribution < -0.4 is 0 Å². The number of nitrogens with zero attached hydrogens (tertiary/aromatic N) is 2. The fraction of sp³-hybridized carbons (Fsp3) is 0.933. The number of aliphatic hydroxyl groups excluding tert-OH is 1. The Morgan fingerprint density at radius 2 is 1.74 bits per heavy atom. The van der Waals surface area contributed by atoms with Crippen LogP contribution in [0.2, 0.25) is 0 Å². The molecule has 0 aromatic rings. The van der Waals surface area contributed by atoms with Gasteiger partial charge in [0.2, 0.25) is 5.91 Å². The maximum Gasteiger partial charge on any atom is 0.236 e. The Balaban J connectivity index is 1.76. The van der Waals surface area contributed by atoms with Gasteiger partial charge in [-0.25, -0.2) is 0 Å². The SMILES string of the molecule is CC1CCC(N(C)C(=O)CN2CCC(O)CC2)CC1. The van der Waals surface area contributed by atoms with Gasteiger partial charge in [0.25, 0.3) is 0 Å². The maximum atomic E-state index is 12.3. The summed E-state index contributed by atoms with van der Waals surface area (Å²) in [5.41, 5.74) is 0. The molecule has 0 bridgehead atoms. The fourth-order valence-electron chi connectivity index (χ4n) is 3.21. The van der Waals surface area contributed by atoms with Crippen molar-refractivity contribution in [3.63, 3.8) is 0 Å². The molecular weight excluding hydrogens is 240 g/mol. The average Bonchev–Trinajstić information content (AvgIpc) is 2.41. The highest BCUT2D eigenvalue weighted by atomic mass is 16.3. The van der Waals surface area contributed by atoms with Crippen molar-refractivity contribution in [1.82, 2.24) is 9.80 Å². The third-order valence-corrected chi connectivity index (χ3v) is 4.84. The quantitative estimate of drug-likeness (QED) is 0.843. The van der Waals surface area contributed by atoms with E-state index in [2.05, 4.69) is 11.8 Å². The van der Waals surface area contributed by atoms with Gasteiger partial charge in [0.1, 0.15) is 0 Å². The van der Waals surface area contributed by atoms with Crippen LogP contribution in [0.25, 0.3) is 0 Å². The summed E-state index contributed by atoms with van der Waals surface area (Å²) in [6, 6.07) is 0.444. The van der Waals surface area contributed by atoms with Crippen LogP contribution in [0.15, 0.2) is 0 Å². The van der Waals surface area contributed by atoms with Gasteiger partial charge in [0.05, 0.1) is 12.6 Å². The van der Waals surface area contributed by atoms with Crippen LogP contribution in [-0.4, -0.2) is 59.6 Å². The first-order valence-corrected chi connectivity index (χ1v) is 7.72. The zero-order valence-electron chi connectivity index (χ0n) is 12.3. The van der Waals surface area contributed by atoms with E-state index < -0.39 is 0 Å². The van der Waals surface area contributed by atoms with Crippen molar-refractivity contribution in [2.75, 3.05) is 26.7 Å². The van der Waals surface area contributed by atoms with Gasteiger partial charge in [-0.2, -0.15) is 0 Å². The summed E-state index contributed by atoms with van der Waals surface area (Å²) in [5.74, 6) is 1.07. The predicted molar refractivity (Wildman–Crippen MR) is 75.9 cm³/mol. The smallest absolute Gasteiger partial charge is 0.236 e. The third kappa shape index (κ3) is 4.18. The summed E-state index contributed by atoms with van der Waals surface area (Å²) < 4.78 is 0. The summed E-state index contributed by atoms with van der Waals surface area (Å²) >= 11 is 0. The number of rotatable bonds is 3. The van der Waals surface area contributed by atoms with Crippen LogP contribution in [0, 0.1) is 5.92 Å². The highest BCUT2D eigenvalue weighted by Crippen LogP contribution is 2.26. The second-order valence-corrected chi connectivity index (χ2v) is 6.43. The molecule has 2 aliphatic rings. The molecule has 1 N–H and O–H groups in total. The highest BCUT2D eigenvalue weighted by Gasteiger charge is 2.26. The van der Waals surface area contributed by atoms with Crippen LogP contribution in [0.1, 0.15) is 45.4 Å². The number of likely N-dealkylation sites (tertiary alicyclic amines) is 1. The van der Waals surface area contributed by atoms with Crippen molar-refractivity contribution >= 4 is 5.91 Å². The molecule has 1 amide bonds. The van der Waals surface area contributed by atoms with E-state index in [1.165, 1.54) is 12.8 Å². The van der Waals surface area contributed by atoms with Crippen LogP contribution in [0.4, 0.5) is 0 Å². The van der Waals surface area contributed by atoms with Crippen molar-refractivity contribution in [3.05, 3.63) is 0 Å². The molecule has 1 saturated carbocycles. The molecule has 4 heteroatoms. The number of amides is 1. The van der Waals surface area contributed by atoms with E-state index in [1.54, 1.807) is 0 Å². The largest absolute Gasteiger partial charge is 0.393 e. The Morgan fingerprint density at radius 3 is 2.32 bits per heavy atom. The summed E-state index contributed by atoms with van der Waals surface area (Å²) in [4.78, 5) is 16.4. The molecule has 0 atom stereocenters. The van der Waals surface area contributed by atoms with Crippen LogP contribution >= 0.6 is 0 Å². The first kappa shape index (κ1) is 14.8. The number of aliphatic hydroxyl groups is 1. The van der Waals surface area contributed by atoms with E-state index in [0.29, 0.717) is 12.6 Å². The zero-order valence-corrected chi connectivity index (χ0v) is 12.3. The predicted octanol–water partition coefficient (Wildman–Crippen LogP) is 1.48. The van der Waals surface area contributed by atoms with Gasteiger partial charge in [0.15, 0.2) is 0 Å². The number of likely N-dealkylation sites (N-methyl/N-ethyl adjacent to an activating group) is 1. The lowest BCUT2D eigenvalue weighted by molar-refractivity contribution is -0.134. The van der Waals surface area contributed by atoms with Crippen molar-refractivity contribution in [1.29, 1.82) is 0 Å². The molecule has 1 saturated heterocycles. The fourth-order valence-corrected chi connectivity index (χ4v) is 3.21. The van der Waals surface area contributed by atoms with E-state index in [9.17, 15) is 9.90 Å². The highest BCUT2D eigenvalue weighted by molar-refractivity contribution is 5.78. The summed E-state index contributed by atoms with van der Waals surface area (Å²) in [5, 5.41) is 9.48. The average molecular weight is 268 g/mol. The normalized spacial score (nSPS) is 30.3. The summed E-state index contributed by atoms with van der Waals surface area (Å²) in [6.07, 6.45) is 6.25. The molecule has 2 rings (SSSR count). The van der Waals surface area contributed by atoms with Gasteiger partial charge in [-0.05, 0) is 44.4 Å². The number of hydrogen-bond donors (Lipinski definition) is 1. The monoisotopic (exact) mass is 268 g/mol. The Hall–Kier alpha value is -0.610. The second kappa shape index (κ2) is 6.71. The molecule has 0 unspecified atom stereocenters. The van der Waals surface area contributed by atoms with Gasteiger partial charge >= 0.3 is 0 Å². The lowest BCUT2D eigenvalue weighted by Gasteiger charge is -2.36. The topological polar surface area (TPSA) is 43.8 Å². The minimum absolute atomic E-state index is 0.163. The minimum Gasteiger partial charge on any atom is -0.393 e. The van der Waals surface area contributed by atoms with E-state index in [0.717, 1.165) is 44.7 Å². The van der Waals surface area contributed by atoms with Gasteiger partial charge in [-0.3, -0.25) is 9.69 Å². The first-order chi connectivity index (χ1) is 9.06. The van der Waals surface area contributed by atoms with E-state index >= 15 is 0 Å². The molecule has 0 aromatic carbocycles. The zero-order chi connectivity index (χ0) is 13.8. The third-order valence-electron chi connectivity index (χ3n) is 4.84. The Morgan fingerprint density at radius 1 is 1.16 bits per heavy atom. The van der Waals surface area contributed by atoms with Crippen molar-refractivity contribution in [2.24, 2.45) is 5.92 Å². The summed E-state index contributed by atoms with van der Waals surface area (Å²) in [6.45, 7) is 4.53. The first-order valence-electron chi connectivity index (χ1n) is 7.72. The van der Waals surface area contributed by atoms with Crippen LogP contribution in [-0.2, 0) is 4.79 Å². The van der Waals surface area contributed by atoms with Crippen molar-refractivity contribution in [3.8, 4) is 0 Å². The molecule has 0 aromatic heterocycles. The van der Waals surface area contributed by atoms with Gasteiger partial charge in [-0.15, -0.1) is 0 Å². The van der Waals surface area contributed by atoms with Gasteiger partial charge in [-0.1, -0.05) is 6.92 Å². The Kier molecular flexibility index (Phi) is 5.22. The van der Waals surface area contributed by atoms with E-state index in [4.69, 9.17) is 0 Å². The van der Waals surface area contributed by atoms with Gasteiger partial charge in [0, 0.05) is 26.2 Å². The number of carbonyl (C=O) groups is 1. The molecule has 2 fully saturated rings. The molecule has 0 radical (unpaired) electrons. The Labute approximate surface area is 116 Å².